The number of rotatable bonds is 6. The molecule has 7 rings (SSSR count). The average Bonchev–Trinajstić information content (AvgIpc) is 3.00. The fourth-order valence-electron chi connectivity index (χ4n) is 6.95. The number of carbonyl (C=O) groups excluding carboxylic acids is 4. The summed E-state index contributed by atoms with van der Waals surface area (Å²) in [6.07, 6.45) is 0.670. The first kappa shape index (κ1) is 29.5. The van der Waals surface area contributed by atoms with E-state index in [0.717, 1.165) is 9.80 Å². The Morgan fingerprint density at radius 1 is 0.500 bits per heavy atom. The van der Waals surface area contributed by atoms with Crippen molar-refractivity contribution in [3.05, 3.63) is 66.6 Å². The van der Waals surface area contributed by atoms with Crippen molar-refractivity contribution in [2.24, 2.45) is 0 Å². The highest BCUT2D eigenvalue weighted by Gasteiger charge is 2.42. The van der Waals surface area contributed by atoms with Gasteiger partial charge >= 0.3 is 0 Å². The standard InChI is InChI=1S/C32H22Cl4N2O6/c1-3-11(9-39)37-29(41)13-5-17(33)23-25-19(35)7-15-22-16(32(44)38(31(15)43)12(4-2)10-40)8-20(36)26(28(22)25)24-18(34)6-14(30(37)42)21(13)27(23)24/h5-8,11-12,39-40H,3-4,9-10H2,1-2H3. The fraction of sp³-hybridized carbons (Fsp3) is 0.250. The molecule has 0 saturated heterocycles. The van der Waals surface area contributed by atoms with E-state index >= 15 is 0 Å². The van der Waals surface area contributed by atoms with E-state index in [1.54, 1.807) is 13.8 Å². The number of fused-ring (bicyclic) bond motifs is 2. The number of carbonyl (C=O) groups is 4. The van der Waals surface area contributed by atoms with Crippen LogP contribution in [-0.4, -0.2) is 68.9 Å². The van der Waals surface area contributed by atoms with Crippen LogP contribution in [0.3, 0.4) is 0 Å². The Kier molecular flexibility index (Phi) is 6.79. The monoisotopic (exact) mass is 670 g/mol. The number of aliphatic hydroxyl groups is 2. The van der Waals surface area contributed by atoms with Crippen LogP contribution in [0.2, 0.25) is 20.1 Å². The molecule has 224 valence electrons. The molecule has 5 aromatic carbocycles. The van der Waals surface area contributed by atoms with Crippen molar-refractivity contribution in [1.82, 2.24) is 9.80 Å². The summed E-state index contributed by atoms with van der Waals surface area (Å²) in [6, 6.07) is 4.37. The van der Waals surface area contributed by atoms with E-state index in [4.69, 9.17) is 46.4 Å². The van der Waals surface area contributed by atoms with Gasteiger partial charge < -0.3 is 10.2 Å². The molecular weight excluding hydrogens is 650 g/mol. The van der Waals surface area contributed by atoms with Crippen molar-refractivity contribution >= 4 is 113 Å². The predicted molar refractivity (Wildman–Crippen MR) is 171 cm³/mol. The lowest BCUT2D eigenvalue weighted by Crippen LogP contribution is -2.48. The van der Waals surface area contributed by atoms with Gasteiger partial charge in [0.1, 0.15) is 0 Å². The zero-order valence-electron chi connectivity index (χ0n) is 23.2. The van der Waals surface area contributed by atoms with Gasteiger partial charge in [0.05, 0.1) is 47.6 Å². The maximum absolute atomic E-state index is 13.8. The molecule has 0 spiro atoms. The molecular formula is C32H22Cl4N2O6. The molecule has 2 atom stereocenters. The van der Waals surface area contributed by atoms with Crippen LogP contribution in [0.5, 0.6) is 0 Å². The van der Waals surface area contributed by atoms with Gasteiger partial charge in [-0.25, -0.2) is 0 Å². The smallest absolute Gasteiger partial charge is 0.261 e. The second kappa shape index (κ2) is 10.1. The number of hydrogen-bond donors (Lipinski definition) is 2. The van der Waals surface area contributed by atoms with E-state index in [9.17, 15) is 29.4 Å². The molecule has 0 radical (unpaired) electrons. The highest BCUT2D eigenvalue weighted by molar-refractivity contribution is 6.56. The van der Waals surface area contributed by atoms with Crippen LogP contribution in [0, 0.1) is 0 Å². The van der Waals surface area contributed by atoms with Gasteiger partial charge in [-0.2, -0.15) is 0 Å². The number of imide groups is 2. The van der Waals surface area contributed by atoms with Gasteiger partial charge in [0.2, 0.25) is 0 Å². The zero-order chi connectivity index (χ0) is 31.5. The number of amides is 4. The molecule has 2 aliphatic rings. The molecule has 0 aliphatic carbocycles. The number of aliphatic hydroxyl groups excluding tert-OH is 2. The van der Waals surface area contributed by atoms with Gasteiger partial charge in [-0.15, -0.1) is 0 Å². The summed E-state index contributed by atoms with van der Waals surface area (Å²) in [6.45, 7) is 2.69. The van der Waals surface area contributed by atoms with E-state index in [1.807, 2.05) is 0 Å². The van der Waals surface area contributed by atoms with Crippen LogP contribution in [0.4, 0.5) is 0 Å². The van der Waals surface area contributed by atoms with Gasteiger partial charge in [-0.3, -0.25) is 29.0 Å². The first-order valence-electron chi connectivity index (χ1n) is 14.0. The Morgan fingerprint density at radius 2 is 0.750 bits per heavy atom. The van der Waals surface area contributed by atoms with Gasteiger partial charge in [0.25, 0.3) is 23.6 Å². The number of hydrogen-bond acceptors (Lipinski definition) is 6. The third kappa shape index (κ3) is 3.55. The average molecular weight is 672 g/mol. The Balaban J connectivity index is 1.69. The van der Waals surface area contributed by atoms with Crippen molar-refractivity contribution in [1.29, 1.82) is 0 Å². The molecule has 12 heteroatoms. The lowest BCUT2D eigenvalue weighted by atomic mass is 9.81. The molecule has 2 heterocycles. The molecule has 0 bridgehead atoms. The second-order valence-electron chi connectivity index (χ2n) is 11.1. The molecule has 4 amide bonds. The third-order valence-electron chi connectivity index (χ3n) is 9.01. The van der Waals surface area contributed by atoms with E-state index in [1.165, 1.54) is 24.3 Å². The fourth-order valence-corrected chi connectivity index (χ4v) is 8.14. The summed E-state index contributed by atoms with van der Waals surface area (Å²) in [4.78, 5) is 57.3. The lowest BCUT2D eigenvalue weighted by molar-refractivity contribution is 0.0453. The highest BCUT2D eigenvalue weighted by atomic mass is 35.5. The summed E-state index contributed by atoms with van der Waals surface area (Å²) in [7, 11) is 0. The normalized spacial score (nSPS) is 16.5. The van der Waals surface area contributed by atoms with E-state index in [0.29, 0.717) is 55.9 Å². The van der Waals surface area contributed by atoms with Gasteiger partial charge in [0, 0.05) is 63.2 Å². The van der Waals surface area contributed by atoms with Crippen molar-refractivity contribution in [3.8, 4) is 0 Å². The number of benzene rings is 5. The summed E-state index contributed by atoms with van der Waals surface area (Å²) in [5.41, 5.74) is 0.630. The van der Waals surface area contributed by atoms with Crippen molar-refractivity contribution < 1.29 is 29.4 Å². The Hall–Kier alpha value is -3.24. The maximum Gasteiger partial charge on any atom is 0.261 e. The molecule has 44 heavy (non-hydrogen) atoms. The summed E-state index contributed by atoms with van der Waals surface area (Å²) >= 11 is 27.8. The molecule has 5 aromatic rings. The van der Waals surface area contributed by atoms with Gasteiger partial charge in [-0.05, 0) is 37.1 Å². The summed E-state index contributed by atoms with van der Waals surface area (Å²) < 4.78 is 0. The molecule has 0 aromatic heterocycles. The largest absolute Gasteiger partial charge is 0.394 e. The predicted octanol–water partition coefficient (Wildman–Crippen LogP) is 7.08. The SMILES string of the molecule is CCC(CO)N1C(=O)c2cc(Cl)c3c4c(Cl)cc5c6c(cc(Cl)c(c7c(Cl)cc(c2c37)C1=O)c64)C(=O)N(C(CC)CO)C5=O. The summed E-state index contributed by atoms with van der Waals surface area (Å²) in [5.74, 6) is -2.43. The first-order valence-corrected chi connectivity index (χ1v) is 15.5. The molecule has 2 aliphatic heterocycles. The topological polar surface area (TPSA) is 115 Å². The van der Waals surface area contributed by atoms with Crippen molar-refractivity contribution in [2.75, 3.05) is 13.2 Å². The van der Waals surface area contributed by atoms with Crippen LogP contribution < -0.4 is 0 Å². The van der Waals surface area contributed by atoms with Crippen molar-refractivity contribution in [2.45, 2.75) is 38.8 Å². The van der Waals surface area contributed by atoms with Crippen LogP contribution in [0.25, 0.3) is 43.1 Å². The molecule has 8 nitrogen and oxygen atoms in total. The zero-order valence-corrected chi connectivity index (χ0v) is 26.2. The molecule has 2 unspecified atom stereocenters. The van der Waals surface area contributed by atoms with E-state index < -0.39 is 48.9 Å². The van der Waals surface area contributed by atoms with E-state index in [-0.39, 0.29) is 42.3 Å². The van der Waals surface area contributed by atoms with Crippen LogP contribution >= 0.6 is 46.4 Å². The minimum atomic E-state index is -0.753. The van der Waals surface area contributed by atoms with Gasteiger partial charge in [-0.1, -0.05) is 60.3 Å². The minimum absolute atomic E-state index is 0.132. The van der Waals surface area contributed by atoms with Crippen molar-refractivity contribution in [3.63, 3.8) is 0 Å². The van der Waals surface area contributed by atoms with Crippen LogP contribution in [-0.2, 0) is 0 Å². The molecule has 2 N–H and O–H groups in total. The Bertz CT molecular complexity index is 1890. The second-order valence-corrected chi connectivity index (χ2v) is 12.7. The first-order chi connectivity index (χ1) is 21.0. The highest BCUT2D eigenvalue weighted by Crippen LogP contribution is 2.53. The quantitative estimate of drug-likeness (QED) is 0.113. The number of halogens is 4. The third-order valence-corrected chi connectivity index (χ3v) is 10.2. The Labute approximate surface area is 269 Å². The number of nitrogens with zero attached hydrogens (tertiary/aromatic N) is 2. The lowest BCUT2D eigenvalue weighted by Gasteiger charge is -2.35. The molecule has 0 fully saturated rings. The molecule has 0 saturated carbocycles. The van der Waals surface area contributed by atoms with Gasteiger partial charge in [0.15, 0.2) is 0 Å². The van der Waals surface area contributed by atoms with E-state index in [2.05, 4.69) is 0 Å². The summed E-state index contributed by atoms with van der Waals surface area (Å²) in [5, 5.41) is 23.4. The van der Waals surface area contributed by atoms with Crippen LogP contribution in [0.1, 0.15) is 68.1 Å². The minimum Gasteiger partial charge on any atom is -0.394 e. The van der Waals surface area contributed by atoms with Crippen LogP contribution in [0.15, 0.2) is 24.3 Å². The Morgan fingerprint density at radius 3 is 0.955 bits per heavy atom. The maximum atomic E-state index is 13.8.